The van der Waals surface area contributed by atoms with E-state index >= 15 is 0 Å². The van der Waals surface area contributed by atoms with Crippen LogP contribution in [0.5, 0.6) is 0 Å². The van der Waals surface area contributed by atoms with E-state index in [2.05, 4.69) is 0 Å². The highest BCUT2D eigenvalue weighted by atomic mass is 32.2. The molecule has 0 atom stereocenters. The molecule has 0 radical (unpaired) electrons. The summed E-state index contributed by atoms with van der Waals surface area (Å²) in [5.74, 6) is -1.46. The number of carbonyl (C=O) groups is 1. The zero-order valence-electron chi connectivity index (χ0n) is 17.0. The van der Waals surface area contributed by atoms with Crippen LogP contribution in [0.3, 0.4) is 0 Å². The summed E-state index contributed by atoms with van der Waals surface area (Å²) in [7, 11) is -4.26. The second-order valence-corrected chi connectivity index (χ2v) is 9.55. The number of alkyl halides is 3. The number of hydrogen-bond donors (Lipinski definition) is 0. The molecule has 0 aromatic heterocycles. The minimum Gasteiger partial charge on any atom is -0.336 e. The van der Waals surface area contributed by atoms with Gasteiger partial charge >= 0.3 is 6.18 Å². The Labute approximate surface area is 178 Å². The molecule has 0 aliphatic carbocycles. The first kappa shape index (κ1) is 23.2. The molecule has 10 heteroatoms. The standard InChI is InChI=1S/C21H22F4N2O3S/c1-14(2)15-3-5-16(6-4-15)20(28)26-9-11-27(12-10-26)31(29,30)17-7-8-19(22)18(13-17)21(23,24)25/h3-8,13-14H,9-12H2,1-2H3. The molecule has 31 heavy (non-hydrogen) atoms. The van der Waals surface area contributed by atoms with Crippen LogP contribution in [-0.4, -0.2) is 49.7 Å². The van der Waals surface area contributed by atoms with Crippen LogP contribution in [0.25, 0.3) is 0 Å². The molecule has 0 bridgehead atoms. The lowest BCUT2D eigenvalue weighted by Crippen LogP contribution is -2.50. The fraction of sp³-hybridized carbons (Fsp3) is 0.381. The molecule has 1 aliphatic heterocycles. The third kappa shape index (κ3) is 4.90. The van der Waals surface area contributed by atoms with Crippen molar-refractivity contribution in [1.82, 2.24) is 9.21 Å². The molecule has 1 amide bonds. The number of hydrogen-bond acceptors (Lipinski definition) is 3. The number of benzene rings is 2. The van der Waals surface area contributed by atoms with Crippen molar-refractivity contribution in [3.05, 3.63) is 65.0 Å². The number of amides is 1. The van der Waals surface area contributed by atoms with Crippen LogP contribution in [0, 0.1) is 5.82 Å². The van der Waals surface area contributed by atoms with Crippen molar-refractivity contribution < 1.29 is 30.8 Å². The van der Waals surface area contributed by atoms with Gasteiger partial charge in [0.15, 0.2) is 0 Å². The molecule has 0 saturated carbocycles. The summed E-state index contributed by atoms with van der Waals surface area (Å²) in [5, 5.41) is 0. The number of nitrogens with zero attached hydrogens (tertiary/aromatic N) is 2. The van der Waals surface area contributed by atoms with Gasteiger partial charge in [-0.2, -0.15) is 17.5 Å². The molecule has 1 saturated heterocycles. The average Bonchev–Trinajstić information content (AvgIpc) is 2.72. The molecule has 3 rings (SSSR count). The summed E-state index contributed by atoms with van der Waals surface area (Å²) >= 11 is 0. The van der Waals surface area contributed by atoms with E-state index in [1.54, 1.807) is 12.1 Å². The van der Waals surface area contributed by atoms with Crippen molar-refractivity contribution in [2.45, 2.75) is 30.8 Å². The lowest BCUT2D eigenvalue weighted by Gasteiger charge is -2.34. The van der Waals surface area contributed by atoms with Gasteiger partial charge in [-0.15, -0.1) is 0 Å². The van der Waals surface area contributed by atoms with Crippen LogP contribution in [0.1, 0.15) is 41.3 Å². The van der Waals surface area contributed by atoms with E-state index in [9.17, 15) is 30.8 Å². The molecule has 2 aromatic carbocycles. The number of sulfonamides is 1. The Morgan fingerprint density at radius 2 is 1.55 bits per heavy atom. The number of piperazine rings is 1. The Hall–Kier alpha value is -2.46. The monoisotopic (exact) mass is 458 g/mol. The van der Waals surface area contributed by atoms with Crippen LogP contribution in [-0.2, 0) is 16.2 Å². The SMILES string of the molecule is CC(C)c1ccc(C(=O)N2CCN(S(=O)(=O)c3ccc(F)c(C(F)(F)F)c3)CC2)cc1. The molecule has 168 valence electrons. The van der Waals surface area contributed by atoms with E-state index in [4.69, 9.17) is 0 Å². The fourth-order valence-electron chi connectivity index (χ4n) is 3.36. The van der Waals surface area contributed by atoms with Gasteiger partial charge in [0, 0.05) is 31.7 Å². The van der Waals surface area contributed by atoms with Crippen LogP contribution < -0.4 is 0 Å². The summed E-state index contributed by atoms with van der Waals surface area (Å²) in [6.45, 7) is 4.12. The van der Waals surface area contributed by atoms with Crippen molar-refractivity contribution >= 4 is 15.9 Å². The summed E-state index contributed by atoms with van der Waals surface area (Å²) in [5.41, 5.74) is -0.0636. The van der Waals surface area contributed by atoms with E-state index in [0.29, 0.717) is 23.6 Å². The number of rotatable bonds is 4. The zero-order valence-corrected chi connectivity index (χ0v) is 17.8. The van der Waals surface area contributed by atoms with Crippen LogP contribution in [0.15, 0.2) is 47.4 Å². The molecule has 5 nitrogen and oxygen atoms in total. The molecule has 1 aliphatic rings. The first-order valence-electron chi connectivity index (χ1n) is 9.67. The Morgan fingerprint density at radius 1 is 0.968 bits per heavy atom. The van der Waals surface area contributed by atoms with Crippen LogP contribution in [0.4, 0.5) is 17.6 Å². The normalized spacial score (nSPS) is 16.0. The number of carbonyl (C=O) groups excluding carboxylic acids is 1. The molecular formula is C21H22F4N2O3S. The van der Waals surface area contributed by atoms with E-state index in [1.165, 1.54) is 4.90 Å². The van der Waals surface area contributed by atoms with Gasteiger partial charge < -0.3 is 4.90 Å². The van der Waals surface area contributed by atoms with Gasteiger partial charge in [-0.3, -0.25) is 4.79 Å². The van der Waals surface area contributed by atoms with Crippen molar-refractivity contribution in [1.29, 1.82) is 0 Å². The predicted molar refractivity (Wildman–Crippen MR) is 107 cm³/mol. The number of halogens is 4. The first-order valence-corrected chi connectivity index (χ1v) is 11.1. The summed E-state index contributed by atoms with van der Waals surface area (Å²) in [6, 6.07) is 8.79. The zero-order chi connectivity index (χ0) is 23.0. The lowest BCUT2D eigenvalue weighted by molar-refractivity contribution is -0.140. The average molecular weight is 458 g/mol. The van der Waals surface area contributed by atoms with Gasteiger partial charge in [-0.25, -0.2) is 12.8 Å². The molecule has 0 spiro atoms. The fourth-order valence-corrected chi connectivity index (χ4v) is 4.80. The highest BCUT2D eigenvalue weighted by Gasteiger charge is 2.37. The third-order valence-electron chi connectivity index (χ3n) is 5.23. The van der Waals surface area contributed by atoms with Gasteiger partial charge in [0.25, 0.3) is 5.91 Å². The molecule has 1 fully saturated rings. The van der Waals surface area contributed by atoms with E-state index < -0.39 is 32.5 Å². The van der Waals surface area contributed by atoms with Crippen LogP contribution >= 0.6 is 0 Å². The minimum atomic E-state index is -5.01. The summed E-state index contributed by atoms with van der Waals surface area (Å²) in [4.78, 5) is 13.6. The topological polar surface area (TPSA) is 57.7 Å². The van der Waals surface area contributed by atoms with Crippen molar-refractivity contribution in [3.8, 4) is 0 Å². The smallest absolute Gasteiger partial charge is 0.336 e. The molecular weight excluding hydrogens is 436 g/mol. The van der Waals surface area contributed by atoms with Gasteiger partial charge in [-0.1, -0.05) is 26.0 Å². The Morgan fingerprint density at radius 3 is 2.06 bits per heavy atom. The quantitative estimate of drug-likeness (QED) is 0.648. The van der Waals surface area contributed by atoms with Crippen molar-refractivity contribution in [2.75, 3.05) is 26.2 Å². The van der Waals surface area contributed by atoms with Gasteiger partial charge in [-0.05, 0) is 41.8 Å². The van der Waals surface area contributed by atoms with E-state index in [1.807, 2.05) is 26.0 Å². The maximum Gasteiger partial charge on any atom is 0.419 e. The Balaban J connectivity index is 1.72. The van der Waals surface area contributed by atoms with Crippen molar-refractivity contribution in [3.63, 3.8) is 0 Å². The van der Waals surface area contributed by atoms with Gasteiger partial charge in [0.1, 0.15) is 5.82 Å². The molecule has 2 aromatic rings. The van der Waals surface area contributed by atoms with Gasteiger partial charge in [0.2, 0.25) is 10.0 Å². The third-order valence-corrected chi connectivity index (χ3v) is 7.13. The molecule has 0 unspecified atom stereocenters. The summed E-state index contributed by atoms with van der Waals surface area (Å²) in [6.07, 6.45) is -5.01. The maximum atomic E-state index is 13.5. The van der Waals surface area contributed by atoms with Crippen molar-refractivity contribution in [2.24, 2.45) is 0 Å². The largest absolute Gasteiger partial charge is 0.419 e. The Kier molecular flexibility index (Phi) is 6.43. The second-order valence-electron chi connectivity index (χ2n) is 7.61. The summed E-state index contributed by atoms with van der Waals surface area (Å²) < 4.78 is 78.8. The first-order chi connectivity index (χ1) is 14.4. The highest BCUT2D eigenvalue weighted by Crippen LogP contribution is 2.33. The minimum absolute atomic E-state index is 0.0725. The van der Waals surface area contributed by atoms with E-state index in [-0.39, 0.29) is 32.1 Å². The second kappa shape index (κ2) is 8.58. The maximum absolute atomic E-state index is 13.5. The predicted octanol–water partition coefficient (Wildman–Crippen LogP) is 4.11. The molecule has 1 heterocycles. The molecule has 0 N–H and O–H groups in total. The van der Waals surface area contributed by atoms with E-state index in [0.717, 1.165) is 15.9 Å². The highest BCUT2D eigenvalue weighted by molar-refractivity contribution is 7.89. The van der Waals surface area contributed by atoms with Gasteiger partial charge in [0.05, 0.1) is 10.5 Å². The Bertz CT molecular complexity index is 1060. The lowest BCUT2D eigenvalue weighted by atomic mass is 10.0. The van der Waals surface area contributed by atoms with Crippen LogP contribution in [0.2, 0.25) is 0 Å².